The lowest BCUT2D eigenvalue weighted by Gasteiger charge is -2.21. The summed E-state index contributed by atoms with van der Waals surface area (Å²) in [6.07, 6.45) is 0. The van der Waals surface area contributed by atoms with Crippen molar-refractivity contribution in [1.82, 2.24) is 0 Å². The Morgan fingerprint density at radius 2 is 1.75 bits per heavy atom. The van der Waals surface area contributed by atoms with Crippen molar-refractivity contribution in [2.45, 2.75) is 12.8 Å². The van der Waals surface area contributed by atoms with Gasteiger partial charge in [0.25, 0.3) is 0 Å². The third-order valence-corrected chi connectivity index (χ3v) is 4.30. The van der Waals surface area contributed by atoms with Gasteiger partial charge in [0.1, 0.15) is 17.1 Å². The monoisotopic (exact) mass is 324 g/mol. The molecule has 0 aliphatic carbocycles. The number of carbonyl (C=O) groups is 1. The predicted octanol–water partition coefficient (Wildman–Crippen LogP) is 4.38. The molecule has 1 heterocycles. The Hall–Kier alpha value is -2.75. The van der Waals surface area contributed by atoms with E-state index in [1.165, 1.54) is 7.11 Å². The van der Waals surface area contributed by atoms with E-state index in [1.807, 2.05) is 61.5 Å². The van der Waals surface area contributed by atoms with Crippen LogP contribution in [0.25, 0.3) is 11.0 Å². The van der Waals surface area contributed by atoms with Gasteiger partial charge in [0, 0.05) is 5.39 Å². The summed E-state index contributed by atoms with van der Waals surface area (Å²) in [6, 6.07) is 17.5. The first-order chi connectivity index (χ1) is 11.6. The number of para-hydroxylation sites is 1. The van der Waals surface area contributed by atoms with Gasteiger partial charge in [0.15, 0.2) is 0 Å². The first-order valence-electron chi connectivity index (χ1n) is 7.84. The maximum absolute atomic E-state index is 12.1. The summed E-state index contributed by atoms with van der Waals surface area (Å²) >= 11 is 0. The number of fused-ring (bicyclic) bond motifs is 1. The number of furan rings is 1. The molecule has 1 aromatic heterocycles. The fourth-order valence-electron chi connectivity index (χ4n) is 2.99. The average Bonchev–Trinajstić information content (AvgIpc) is 3.05. The average molecular weight is 324 g/mol. The molecule has 0 N–H and O–H groups in total. The molecule has 0 aliphatic rings. The van der Waals surface area contributed by atoms with Crippen molar-refractivity contribution in [1.29, 1.82) is 0 Å². The molecule has 0 bridgehead atoms. The molecule has 0 aliphatic heterocycles. The topological polar surface area (TPSA) is 48.7 Å². The van der Waals surface area contributed by atoms with E-state index < -0.39 is 0 Å². The number of hydrogen-bond donors (Lipinski definition) is 0. The molecule has 0 saturated heterocycles. The molecule has 0 unspecified atom stereocenters. The van der Waals surface area contributed by atoms with E-state index >= 15 is 0 Å². The normalized spacial score (nSPS) is 13.5. The fourth-order valence-corrected chi connectivity index (χ4v) is 2.99. The number of methoxy groups -OCH3 is 2. The van der Waals surface area contributed by atoms with Crippen LogP contribution in [0.4, 0.5) is 0 Å². The van der Waals surface area contributed by atoms with Gasteiger partial charge in [-0.15, -0.1) is 0 Å². The van der Waals surface area contributed by atoms with Gasteiger partial charge in [-0.1, -0.05) is 37.3 Å². The van der Waals surface area contributed by atoms with Gasteiger partial charge < -0.3 is 13.9 Å². The molecular formula is C20H20O4. The molecule has 3 rings (SSSR count). The van der Waals surface area contributed by atoms with Crippen molar-refractivity contribution in [2.24, 2.45) is 5.92 Å². The van der Waals surface area contributed by atoms with Crippen LogP contribution in [0.1, 0.15) is 24.2 Å². The maximum Gasteiger partial charge on any atom is 0.309 e. The number of carbonyl (C=O) groups excluding carboxylic acids is 1. The van der Waals surface area contributed by atoms with Crippen LogP contribution in [0, 0.1) is 5.92 Å². The fraction of sp³-hybridized carbons (Fsp3) is 0.250. The van der Waals surface area contributed by atoms with E-state index in [1.54, 1.807) is 7.11 Å². The molecule has 24 heavy (non-hydrogen) atoms. The standard InChI is InChI=1S/C20H20O4/c1-13(20(21)23-3)19(14-8-10-16(22-2)11-9-14)18-12-15-6-4-5-7-17(15)24-18/h4-13,19H,1-3H3/t13-,19+/m1/s1. The molecule has 124 valence electrons. The van der Waals surface area contributed by atoms with Gasteiger partial charge in [-0.2, -0.15) is 0 Å². The van der Waals surface area contributed by atoms with Crippen molar-refractivity contribution < 1.29 is 18.7 Å². The van der Waals surface area contributed by atoms with Crippen molar-refractivity contribution in [3.05, 3.63) is 65.9 Å². The molecule has 4 nitrogen and oxygen atoms in total. The van der Waals surface area contributed by atoms with Gasteiger partial charge in [-0.25, -0.2) is 0 Å². The van der Waals surface area contributed by atoms with Gasteiger partial charge in [-0.3, -0.25) is 4.79 Å². The van der Waals surface area contributed by atoms with Crippen LogP contribution in [0.15, 0.2) is 59.0 Å². The van der Waals surface area contributed by atoms with Gasteiger partial charge >= 0.3 is 5.97 Å². The molecule has 0 amide bonds. The Morgan fingerprint density at radius 3 is 2.38 bits per heavy atom. The summed E-state index contributed by atoms with van der Waals surface area (Å²) in [5, 5.41) is 1.02. The summed E-state index contributed by atoms with van der Waals surface area (Å²) in [6.45, 7) is 1.86. The van der Waals surface area contributed by atoms with E-state index in [0.29, 0.717) is 0 Å². The quantitative estimate of drug-likeness (QED) is 0.653. The molecule has 4 heteroatoms. The van der Waals surface area contributed by atoms with Crippen LogP contribution in [0.5, 0.6) is 5.75 Å². The first-order valence-corrected chi connectivity index (χ1v) is 7.84. The minimum Gasteiger partial charge on any atom is -0.497 e. The Bertz CT molecular complexity index is 799. The second-order valence-corrected chi connectivity index (χ2v) is 5.75. The number of hydrogen-bond acceptors (Lipinski definition) is 4. The van der Waals surface area contributed by atoms with Gasteiger partial charge in [0.05, 0.1) is 26.1 Å². The van der Waals surface area contributed by atoms with Gasteiger partial charge in [-0.05, 0) is 29.8 Å². The van der Waals surface area contributed by atoms with E-state index in [4.69, 9.17) is 13.9 Å². The maximum atomic E-state index is 12.1. The summed E-state index contributed by atoms with van der Waals surface area (Å²) in [7, 11) is 3.03. The van der Waals surface area contributed by atoms with Crippen molar-refractivity contribution in [3.8, 4) is 5.75 Å². The Morgan fingerprint density at radius 1 is 1.04 bits per heavy atom. The zero-order chi connectivity index (χ0) is 17.1. The Kier molecular flexibility index (Phi) is 4.56. The molecular weight excluding hydrogens is 304 g/mol. The predicted molar refractivity (Wildman–Crippen MR) is 92.2 cm³/mol. The molecule has 2 aromatic carbocycles. The van der Waals surface area contributed by atoms with Crippen LogP contribution < -0.4 is 4.74 Å². The Balaban J connectivity index is 2.08. The first kappa shape index (κ1) is 16.1. The third-order valence-electron chi connectivity index (χ3n) is 4.30. The van der Waals surface area contributed by atoms with Crippen LogP contribution in [-0.2, 0) is 9.53 Å². The lowest BCUT2D eigenvalue weighted by molar-refractivity contribution is -0.145. The second kappa shape index (κ2) is 6.79. The van der Waals surface area contributed by atoms with Crippen LogP contribution in [0.3, 0.4) is 0 Å². The SMILES string of the molecule is COC(=O)[C@H](C)[C@@H](c1ccc(OC)cc1)c1cc2ccccc2o1. The number of benzene rings is 2. The van der Waals surface area contributed by atoms with Crippen LogP contribution in [-0.4, -0.2) is 20.2 Å². The summed E-state index contributed by atoms with van der Waals surface area (Å²) < 4.78 is 16.2. The smallest absolute Gasteiger partial charge is 0.309 e. The highest BCUT2D eigenvalue weighted by atomic mass is 16.5. The second-order valence-electron chi connectivity index (χ2n) is 5.75. The molecule has 3 aromatic rings. The highest BCUT2D eigenvalue weighted by Crippen LogP contribution is 2.36. The molecule has 0 fully saturated rings. The summed E-state index contributed by atoms with van der Waals surface area (Å²) in [4.78, 5) is 12.1. The lowest BCUT2D eigenvalue weighted by Crippen LogP contribution is -2.21. The molecule has 0 radical (unpaired) electrons. The zero-order valence-electron chi connectivity index (χ0n) is 14.0. The minimum absolute atomic E-state index is 0.226. The number of ether oxygens (including phenoxy) is 2. The third kappa shape index (κ3) is 3.00. The van der Waals surface area contributed by atoms with E-state index in [9.17, 15) is 4.79 Å². The molecule has 2 atom stereocenters. The number of rotatable bonds is 5. The summed E-state index contributed by atoms with van der Waals surface area (Å²) in [5.41, 5.74) is 1.79. The number of esters is 1. The van der Waals surface area contributed by atoms with E-state index in [2.05, 4.69) is 0 Å². The van der Waals surface area contributed by atoms with Gasteiger partial charge in [0.2, 0.25) is 0 Å². The van der Waals surface area contributed by atoms with Crippen molar-refractivity contribution in [2.75, 3.05) is 14.2 Å². The van der Waals surface area contributed by atoms with Crippen molar-refractivity contribution >= 4 is 16.9 Å². The highest BCUT2D eigenvalue weighted by Gasteiger charge is 2.30. The molecule has 0 spiro atoms. The minimum atomic E-state index is -0.371. The van der Waals surface area contributed by atoms with E-state index in [-0.39, 0.29) is 17.8 Å². The van der Waals surface area contributed by atoms with Crippen molar-refractivity contribution in [3.63, 3.8) is 0 Å². The summed E-state index contributed by atoms with van der Waals surface area (Å²) in [5.74, 6) is 0.656. The highest BCUT2D eigenvalue weighted by molar-refractivity contribution is 5.79. The van der Waals surface area contributed by atoms with Crippen LogP contribution >= 0.6 is 0 Å². The largest absolute Gasteiger partial charge is 0.497 e. The zero-order valence-corrected chi connectivity index (χ0v) is 14.0. The lowest BCUT2D eigenvalue weighted by atomic mass is 9.85. The Labute approximate surface area is 141 Å². The van der Waals surface area contributed by atoms with Crippen LogP contribution in [0.2, 0.25) is 0 Å². The molecule has 0 saturated carbocycles. The van der Waals surface area contributed by atoms with E-state index in [0.717, 1.165) is 28.0 Å².